The molecule has 16 heteroatoms. The number of carbonyl (C=O) groups is 4. The first-order valence-corrected chi connectivity index (χ1v) is 18.3. The van der Waals surface area contributed by atoms with Gasteiger partial charge in [0.1, 0.15) is 30.6 Å². The van der Waals surface area contributed by atoms with Crippen molar-refractivity contribution in [3.05, 3.63) is 53.9 Å². The summed E-state index contributed by atoms with van der Waals surface area (Å²) >= 11 is 0. The molecule has 1 aliphatic carbocycles. The zero-order valence-corrected chi connectivity index (χ0v) is 31.0. The number of benzene rings is 1. The number of nitrogens with zero attached hydrogens (tertiary/aromatic N) is 8. The maximum Gasteiger partial charge on any atom is 0.408 e. The van der Waals surface area contributed by atoms with Gasteiger partial charge in [-0.1, -0.05) is 26.7 Å². The Morgan fingerprint density at radius 2 is 1.76 bits per heavy atom. The smallest absolute Gasteiger partial charge is 0.345 e. The number of nitrogens with one attached hydrogen (secondary N) is 1. The maximum absolute atomic E-state index is 14.5. The standard InChI is InChI=1S/C38H44F3N9O4/c1-22(51)32-27-14-25(26-17-42-23(2)43-18-26)13-24-9-7-6-8-11-36(3,4)35(54)47(5)20-37-15-28(34(53)44-30-10-12-48(45-30)21-38(39,40)41)50(29(37)16-37)31(52)19-49(46-32)33(24)27/h10,12-14,17-18,28-29H,6-9,11,15-16,19-21H2,1-5H3,(H,44,45,53)/t28-,29+,37-/m0/s1. The number of amides is 3. The minimum absolute atomic E-state index is 0.0144. The minimum Gasteiger partial charge on any atom is -0.345 e. The van der Waals surface area contributed by atoms with Crippen molar-refractivity contribution in [1.29, 1.82) is 0 Å². The van der Waals surface area contributed by atoms with E-state index in [2.05, 4.69) is 20.4 Å². The molecule has 3 atom stereocenters. The van der Waals surface area contributed by atoms with Crippen LogP contribution in [-0.4, -0.2) is 94.7 Å². The summed E-state index contributed by atoms with van der Waals surface area (Å²) in [6.07, 6.45) is 4.67. The highest BCUT2D eigenvalue weighted by Crippen LogP contribution is 2.60. The summed E-state index contributed by atoms with van der Waals surface area (Å²) in [4.78, 5) is 67.3. The van der Waals surface area contributed by atoms with Crippen molar-refractivity contribution in [3.63, 3.8) is 0 Å². The van der Waals surface area contributed by atoms with E-state index >= 15 is 0 Å². The van der Waals surface area contributed by atoms with Gasteiger partial charge in [0.15, 0.2) is 11.6 Å². The third-order valence-corrected chi connectivity index (χ3v) is 11.1. The molecule has 0 unspecified atom stereocenters. The summed E-state index contributed by atoms with van der Waals surface area (Å²) in [5.74, 6) is -0.718. The van der Waals surface area contributed by atoms with Crippen molar-refractivity contribution in [2.75, 3.05) is 18.9 Å². The van der Waals surface area contributed by atoms with E-state index in [0.29, 0.717) is 47.2 Å². The van der Waals surface area contributed by atoms with E-state index in [4.69, 9.17) is 5.10 Å². The number of alkyl halides is 3. The van der Waals surface area contributed by atoms with E-state index in [1.165, 1.54) is 13.0 Å². The molecule has 2 bridgehead atoms. The van der Waals surface area contributed by atoms with Gasteiger partial charge in [0.05, 0.1) is 5.52 Å². The van der Waals surface area contributed by atoms with Gasteiger partial charge in [-0.15, -0.1) is 0 Å². The Balaban J connectivity index is 1.28. The molecule has 0 spiro atoms. The van der Waals surface area contributed by atoms with Crippen molar-refractivity contribution in [2.45, 2.75) is 104 Å². The summed E-state index contributed by atoms with van der Waals surface area (Å²) in [5.41, 5.74) is 2.15. The third-order valence-electron chi connectivity index (χ3n) is 11.1. The number of aryl methyl sites for hydroxylation is 2. The molecule has 1 saturated carbocycles. The van der Waals surface area contributed by atoms with Crippen LogP contribution in [0, 0.1) is 17.8 Å². The van der Waals surface area contributed by atoms with Crippen molar-refractivity contribution < 1.29 is 32.3 Å². The van der Waals surface area contributed by atoms with Gasteiger partial charge >= 0.3 is 6.18 Å². The fraction of sp³-hybridized carbons (Fsp3) is 0.526. The topological polar surface area (TPSA) is 148 Å². The monoisotopic (exact) mass is 747 g/mol. The molecule has 2 aliphatic heterocycles. The average molecular weight is 748 g/mol. The lowest BCUT2D eigenvalue weighted by atomic mass is 9.84. The maximum atomic E-state index is 14.5. The molecule has 2 fully saturated rings. The van der Waals surface area contributed by atoms with Crippen LogP contribution >= 0.6 is 0 Å². The minimum atomic E-state index is -4.50. The van der Waals surface area contributed by atoms with Crippen LogP contribution in [0.2, 0.25) is 0 Å². The molecule has 286 valence electrons. The fourth-order valence-corrected chi connectivity index (χ4v) is 8.46. The van der Waals surface area contributed by atoms with Crippen LogP contribution in [0.4, 0.5) is 19.0 Å². The second kappa shape index (κ2) is 13.6. The summed E-state index contributed by atoms with van der Waals surface area (Å²) < 4.78 is 41.2. The van der Waals surface area contributed by atoms with Crippen LogP contribution < -0.4 is 5.32 Å². The van der Waals surface area contributed by atoms with Gasteiger partial charge < -0.3 is 15.1 Å². The number of Topliss-reactive ketones (excluding diaryl/α,β-unsaturated/α-hetero) is 1. The number of anilines is 1. The van der Waals surface area contributed by atoms with Gasteiger partial charge in [-0.2, -0.15) is 23.4 Å². The van der Waals surface area contributed by atoms with Crippen molar-refractivity contribution in [1.82, 2.24) is 39.3 Å². The molecule has 1 saturated heterocycles. The largest absolute Gasteiger partial charge is 0.408 e. The average Bonchev–Trinajstić information content (AvgIpc) is 3.35. The predicted molar refractivity (Wildman–Crippen MR) is 192 cm³/mol. The van der Waals surface area contributed by atoms with Gasteiger partial charge in [-0.3, -0.25) is 28.5 Å². The highest BCUT2D eigenvalue weighted by atomic mass is 19.4. The molecule has 1 aromatic carbocycles. The number of aromatic nitrogens is 6. The summed E-state index contributed by atoms with van der Waals surface area (Å²) in [6.45, 7) is 5.88. The van der Waals surface area contributed by atoms with Crippen LogP contribution in [-0.2, 0) is 33.9 Å². The molecule has 4 aromatic rings. The molecule has 7 rings (SSSR count). The zero-order chi connectivity index (χ0) is 38.7. The summed E-state index contributed by atoms with van der Waals surface area (Å²) in [5, 5.41) is 11.8. The van der Waals surface area contributed by atoms with Crippen molar-refractivity contribution >= 4 is 40.2 Å². The molecule has 5 heterocycles. The molecule has 54 heavy (non-hydrogen) atoms. The van der Waals surface area contributed by atoms with Gasteiger partial charge in [0.25, 0.3) is 0 Å². The summed E-state index contributed by atoms with van der Waals surface area (Å²) in [7, 11) is 1.76. The van der Waals surface area contributed by atoms with Crippen molar-refractivity contribution in [2.24, 2.45) is 10.8 Å². The van der Waals surface area contributed by atoms with Crippen molar-refractivity contribution in [3.8, 4) is 11.1 Å². The van der Waals surface area contributed by atoms with E-state index in [0.717, 1.165) is 42.1 Å². The Bertz CT molecular complexity index is 2140. The van der Waals surface area contributed by atoms with Crippen LogP contribution in [0.3, 0.4) is 0 Å². The molecular formula is C38H44F3N9O4. The number of rotatable bonds is 5. The lowest BCUT2D eigenvalue weighted by Crippen LogP contribution is -2.46. The molecule has 3 amide bonds. The highest BCUT2D eigenvalue weighted by molar-refractivity contribution is 6.07. The van der Waals surface area contributed by atoms with Crippen LogP contribution in [0.25, 0.3) is 22.0 Å². The van der Waals surface area contributed by atoms with E-state index in [1.54, 1.807) is 40.8 Å². The molecule has 3 aromatic heterocycles. The molecular weight excluding hydrogens is 703 g/mol. The third kappa shape index (κ3) is 7.21. The fourth-order valence-electron chi connectivity index (χ4n) is 8.46. The SMILES string of the molecule is CC(=O)c1nn2c3c(cc(-c4cnc(C)nc4)cc13)CCCCCC(C)(C)C(=O)N(C)C[C@@]13C[C@@H](C(=O)Nc4ccn(CC(F)(F)F)n4)N(C(=O)C2)[C@@H]1C3. The van der Waals surface area contributed by atoms with Gasteiger partial charge in [-0.05, 0) is 62.3 Å². The second-order valence-corrected chi connectivity index (χ2v) is 15.8. The van der Waals surface area contributed by atoms with Crippen LogP contribution in [0.1, 0.15) is 81.2 Å². The Morgan fingerprint density at radius 3 is 2.46 bits per heavy atom. The van der Waals surface area contributed by atoms with E-state index in [1.807, 2.05) is 26.0 Å². The second-order valence-electron chi connectivity index (χ2n) is 15.8. The molecule has 1 N–H and O–H groups in total. The zero-order valence-electron chi connectivity index (χ0n) is 31.0. The predicted octanol–water partition coefficient (Wildman–Crippen LogP) is 5.36. The first-order chi connectivity index (χ1) is 25.4. The Kier molecular flexibility index (Phi) is 9.37. The Hall–Kier alpha value is -5.15. The molecule has 3 aliphatic rings. The first-order valence-electron chi connectivity index (χ1n) is 18.3. The van der Waals surface area contributed by atoms with E-state index in [-0.39, 0.29) is 42.2 Å². The van der Waals surface area contributed by atoms with Gasteiger partial charge in [0.2, 0.25) is 17.7 Å². The lowest BCUT2D eigenvalue weighted by Gasteiger charge is -2.31. The number of ketones is 1. The number of hydrogen-bond acceptors (Lipinski definition) is 8. The van der Waals surface area contributed by atoms with Gasteiger partial charge in [-0.25, -0.2) is 9.97 Å². The number of piperidine rings is 1. The highest BCUT2D eigenvalue weighted by Gasteiger charge is 2.67. The molecule has 13 nitrogen and oxygen atoms in total. The van der Waals surface area contributed by atoms with Crippen LogP contribution in [0.5, 0.6) is 0 Å². The number of carbonyl (C=O) groups excluding carboxylic acids is 4. The quantitative estimate of drug-likeness (QED) is 0.269. The number of halogens is 3. The normalized spacial score (nSPS) is 23.3. The Morgan fingerprint density at radius 1 is 1.02 bits per heavy atom. The Labute approximate surface area is 310 Å². The molecule has 0 radical (unpaired) electrons. The van der Waals surface area contributed by atoms with E-state index < -0.39 is 41.4 Å². The van der Waals surface area contributed by atoms with Gasteiger partial charge in [0, 0.05) is 73.0 Å². The lowest BCUT2D eigenvalue weighted by molar-refractivity contribution is -0.142. The van der Waals surface area contributed by atoms with Crippen LogP contribution in [0.15, 0.2) is 36.8 Å². The van der Waals surface area contributed by atoms with E-state index in [9.17, 15) is 32.3 Å². The first kappa shape index (κ1) is 37.2. The summed E-state index contributed by atoms with van der Waals surface area (Å²) in [6, 6.07) is 3.83. The number of hydrogen-bond donors (Lipinski definition) is 1.